The van der Waals surface area contributed by atoms with Crippen LogP contribution in [-0.4, -0.2) is 55.1 Å². The van der Waals surface area contributed by atoms with Crippen molar-refractivity contribution in [3.63, 3.8) is 0 Å². The number of esters is 1. The van der Waals surface area contributed by atoms with Crippen LogP contribution in [0.5, 0.6) is 0 Å². The molecular formula is C19H28N4O5. The lowest BCUT2D eigenvalue weighted by molar-refractivity contribution is -0.139. The third-order valence-electron chi connectivity index (χ3n) is 3.83. The monoisotopic (exact) mass is 392 g/mol. The lowest BCUT2D eigenvalue weighted by Gasteiger charge is -2.30. The van der Waals surface area contributed by atoms with Crippen LogP contribution in [0, 0.1) is 0 Å². The van der Waals surface area contributed by atoms with Gasteiger partial charge in [-0.1, -0.05) is 0 Å². The molecule has 0 radical (unpaired) electrons. The fraction of sp³-hybridized carbons (Fsp3) is 0.526. The first-order valence-corrected chi connectivity index (χ1v) is 9.11. The Morgan fingerprint density at radius 2 is 2.07 bits per heavy atom. The summed E-state index contributed by atoms with van der Waals surface area (Å²) >= 11 is 0. The first kappa shape index (κ1) is 21.5. The third-order valence-corrected chi connectivity index (χ3v) is 3.83. The van der Waals surface area contributed by atoms with Crippen molar-refractivity contribution >= 4 is 17.9 Å². The fourth-order valence-electron chi connectivity index (χ4n) is 2.89. The summed E-state index contributed by atoms with van der Waals surface area (Å²) in [5, 5.41) is 8.23. The Balaban J connectivity index is 2.27. The molecule has 0 bridgehead atoms. The molecule has 3 N–H and O–H groups in total. The maximum Gasteiger partial charge on any atom is 0.338 e. The molecule has 2 rings (SSSR count). The molecule has 154 valence electrons. The van der Waals surface area contributed by atoms with Crippen molar-refractivity contribution in [2.75, 3.05) is 26.7 Å². The molecule has 1 atom stereocenters. The average Bonchev–Trinajstić information content (AvgIpc) is 3.06. The topological polar surface area (TPSA) is 113 Å². The summed E-state index contributed by atoms with van der Waals surface area (Å²) in [6.07, 6.45) is 1.47. The lowest BCUT2D eigenvalue weighted by atomic mass is 10.00. The van der Waals surface area contributed by atoms with Gasteiger partial charge in [-0.15, -0.1) is 0 Å². The van der Waals surface area contributed by atoms with Crippen molar-refractivity contribution < 1.29 is 23.5 Å². The van der Waals surface area contributed by atoms with E-state index >= 15 is 0 Å². The Morgan fingerprint density at radius 1 is 1.36 bits per heavy atom. The zero-order valence-corrected chi connectivity index (χ0v) is 16.9. The molecule has 28 heavy (non-hydrogen) atoms. The van der Waals surface area contributed by atoms with Gasteiger partial charge in [0.25, 0.3) is 0 Å². The highest BCUT2D eigenvalue weighted by atomic mass is 16.5. The highest BCUT2D eigenvalue weighted by molar-refractivity contribution is 5.95. The Labute approximate surface area is 164 Å². The van der Waals surface area contributed by atoms with Crippen LogP contribution in [0.25, 0.3) is 0 Å². The highest BCUT2D eigenvalue weighted by Crippen LogP contribution is 2.28. The molecule has 1 aliphatic rings. The molecule has 0 aromatic carbocycles. The molecular weight excluding hydrogens is 364 g/mol. The quantitative estimate of drug-likeness (QED) is 0.603. The van der Waals surface area contributed by atoms with E-state index in [0.29, 0.717) is 11.5 Å². The van der Waals surface area contributed by atoms with Gasteiger partial charge in [-0.3, -0.25) is 9.69 Å². The minimum atomic E-state index is -0.769. The standard InChI is InChI=1S/C19H28N4O5/c1-6-27-17(25)15-12(10-23(5)11-14(24)22-19(2,3)4)20-18(26)21-16(15)13-8-7-9-28-13/h7-9,16H,6,10-11H2,1-5H3,(H,22,24)(H2,20,21,26)/t16-/m0/s1. The Bertz CT molecular complexity index is 749. The van der Waals surface area contributed by atoms with Crippen LogP contribution >= 0.6 is 0 Å². The van der Waals surface area contributed by atoms with Crippen LogP contribution < -0.4 is 16.0 Å². The van der Waals surface area contributed by atoms with Gasteiger partial charge in [0.15, 0.2) is 0 Å². The maximum absolute atomic E-state index is 12.6. The highest BCUT2D eigenvalue weighted by Gasteiger charge is 2.35. The van der Waals surface area contributed by atoms with Gasteiger partial charge in [0.1, 0.15) is 11.8 Å². The first-order chi connectivity index (χ1) is 13.1. The predicted molar refractivity (Wildman–Crippen MR) is 102 cm³/mol. The van der Waals surface area contributed by atoms with Gasteiger partial charge < -0.3 is 25.1 Å². The molecule has 9 nitrogen and oxygen atoms in total. The SMILES string of the molecule is CCOC(=O)C1=C(CN(C)CC(=O)NC(C)(C)C)NC(=O)N[C@H]1c1ccco1. The van der Waals surface area contributed by atoms with Gasteiger partial charge in [-0.25, -0.2) is 9.59 Å². The van der Waals surface area contributed by atoms with E-state index in [2.05, 4.69) is 16.0 Å². The maximum atomic E-state index is 12.6. The summed E-state index contributed by atoms with van der Waals surface area (Å²) in [6, 6.07) is 2.12. The van der Waals surface area contributed by atoms with E-state index in [1.54, 1.807) is 31.0 Å². The average molecular weight is 392 g/mol. The molecule has 3 amide bonds. The summed E-state index contributed by atoms with van der Waals surface area (Å²) < 4.78 is 10.6. The minimum absolute atomic E-state index is 0.103. The lowest BCUT2D eigenvalue weighted by Crippen LogP contribution is -2.49. The summed E-state index contributed by atoms with van der Waals surface area (Å²) in [4.78, 5) is 38.6. The fourth-order valence-corrected chi connectivity index (χ4v) is 2.89. The molecule has 9 heteroatoms. The number of urea groups is 1. The number of nitrogens with one attached hydrogen (secondary N) is 3. The molecule has 0 saturated heterocycles. The van der Waals surface area contributed by atoms with E-state index in [9.17, 15) is 14.4 Å². The van der Waals surface area contributed by atoms with Gasteiger partial charge in [0.05, 0.1) is 25.0 Å². The number of rotatable bonds is 7. The molecule has 0 aliphatic carbocycles. The molecule has 0 spiro atoms. The van der Waals surface area contributed by atoms with Crippen molar-refractivity contribution in [1.82, 2.24) is 20.9 Å². The molecule has 0 unspecified atom stereocenters. The van der Waals surface area contributed by atoms with Crippen molar-refractivity contribution in [3.05, 3.63) is 35.4 Å². The van der Waals surface area contributed by atoms with Crippen LogP contribution in [0.1, 0.15) is 39.5 Å². The van der Waals surface area contributed by atoms with Crippen molar-refractivity contribution in [3.8, 4) is 0 Å². The predicted octanol–water partition coefficient (Wildman–Crippen LogP) is 1.30. The largest absolute Gasteiger partial charge is 0.467 e. The zero-order chi connectivity index (χ0) is 20.9. The number of amides is 3. The molecule has 1 aromatic heterocycles. The van der Waals surface area contributed by atoms with Crippen LogP contribution in [0.15, 0.2) is 34.1 Å². The first-order valence-electron chi connectivity index (χ1n) is 9.11. The van der Waals surface area contributed by atoms with Crippen LogP contribution in [0.3, 0.4) is 0 Å². The number of furan rings is 1. The number of hydrogen-bond donors (Lipinski definition) is 3. The number of ether oxygens (including phenoxy) is 1. The van der Waals surface area contributed by atoms with Gasteiger partial charge in [0.2, 0.25) is 5.91 Å². The second-order valence-electron chi connectivity index (χ2n) is 7.63. The van der Waals surface area contributed by atoms with E-state index in [1.165, 1.54) is 6.26 Å². The van der Waals surface area contributed by atoms with Crippen molar-refractivity contribution in [1.29, 1.82) is 0 Å². The van der Waals surface area contributed by atoms with Crippen LogP contribution in [0.4, 0.5) is 4.79 Å². The zero-order valence-electron chi connectivity index (χ0n) is 16.9. The third kappa shape index (κ3) is 5.85. The second kappa shape index (κ2) is 8.92. The number of carbonyl (C=O) groups excluding carboxylic acids is 3. The summed E-state index contributed by atoms with van der Waals surface area (Å²) in [5.74, 6) is -0.293. The molecule has 0 fully saturated rings. The second-order valence-corrected chi connectivity index (χ2v) is 7.63. The van der Waals surface area contributed by atoms with Crippen LogP contribution in [-0.2, 0) is 14.3 Å². The summed E-state index contributed by atoms with van der Waals surface area (Å²) in [5.41, 5.74) is 0.273. The van der Waals surface area contributed by atoms with E-state index in [4.69, 9.17) is 9.15 Å². The van der Waals surface area contributed by atoms with Crippen molar-refractivity contribution in [2.24, 2.45) is 0 Å². The molecule has 1 aromatic rings. The summed E-state index contributed by atoms with van der Waals surface area (Å²) in [7, 11) is 1.73. The normalized spacial score (nSPS) is 17.2. The number of carbonyl (C=O) groups is 3. The summed E-state index contributed by atoms with van der Waals surface area (Å²) in [6.45, 7) is 7.87. The van der Waals surface area contributed by atoms with Gasteiger partial charge >= 0.3 is 12.0 Å². The van der Waals surface area contributed by atoms with Gasteiger partial charge in [0, 0.05) is 17.8 Å². The van der Waals surface area contributed by atoms with E-state index in [1.807, 2.05) is 20.8 Å². The Kier molecular flexibility index (Phi) is 6.85. The van der Waals surface area contributed by atoms with E-state index < -0.39 is 18.0 Å². The van der Waals surface area contributed by atoms with Crippen molar-refractivity contribution in [2.45, 2.75) is 39.3 Å². The number of hydrogen-bond acceptors (Lipinski definition) is 6. The molecule has 0 saturated carbocycles. The minimum Gasteiger partial charge on any atom is -0.467 e. The van der Waals surface area contributed by atoms with Gasteiger partial charge in [-0.05, 0) is 46.9 Å². The van der Waals surface area contributed by atoms with E-state index in [-0.39, 0.29) is 36.7 Å². The molecule has 1 aliphatic heterocycles. The smallest absolute Gasteiger partial charge is 0.338 e. The van der Waals surface area contributed by atoms with Crippen LogP contribution in [0.2, 0.25) is 0 Å². The number of likely N-dealkylation sites (N-methyl/N-ethyl adjacent to an activating group) is 1. The van der Waals surface area contributed by atoms with Gasteiger partial charge in [-0.2, -0.15) is 0 Å². The Morgan fingerprint density at radius 3 is 2.64 bits per heavy atom. The number of nitrogens with zero attached hydrogens (tertiary/aromatic N) is 1. The Hall–Kier alpha value is -2.81. The molecule has 2 heterocycles. The van der Waals surface area contributed by atoms with E-state index in [0.717, 1.165) is 0 Å².